The molecule has 2 atom stereocenters. The molecule has 0 aromatic heterocycles. The average Bonchev–Trinajstić information content (AvgIpc) is 2.24. The fourth-order valence-electron chi connectivity index (χ4n) is 1.56. The summed E-state index contributed by atoms with van der Waals surface area (Å²) in [5, 5.41) is 15.7. The first-order chi connectivity index (χ1) is 7.74. The van der Waals surface area contributed by atoms with E-state index in [1.54, 1.807) is 6.92 Å². The van der Waals surface area contributed by atoms with Crippen LogP contribution >= 0.6 is 0 Å². The largest absolute Gasteiger partial charge is 0.392 e. The maximum atomic E-state index is 11.9. The van der Waals surface area contributed by atoms with Crippen molar-refractivity contribution in [1.82, 2.24) is 10.6 Å². The highest BCUT2D eigenvalue weighted by molar-refractivity contribution is 5.81. The standard InChI is InChI=1S/C13H28N2O2/c1-7-11(8-2)14-12(17)9(3)15-13(5,6)10(4)16/h9-11,15-16H,7-8H2,1-6H3,(H,14,17). The van der Waals surface area contributed by atoms with Crippen LogP contribution in [0.2, 0.25) is 0 Å². The van der Waals surface area contributed by atoms with Gasteiger partial charge in [0.1, 0.15) is 0 Å². The molecule has 17 heavy (non-hydrogen) atoms. The lowest BCUT2D eigenvalue weighted by molar-refractivity contribution is -0.124. The molecule has 0 aliphatic heterocycles. The van der Waals surface area contributed by atoms with Crippen LogP contribution in [-0.4, -0.2) is 34.7 Å². The third-order valence-electron chi connectivity index (χ3n) is 3.36. The first-order valence-electron chi connectivity index (χ1n) is 6.50. The van der Waals surface area contributed by atoms with Crippen molar-refractivity contribution in [3.05, 3.63) is 0 Å². The van der Waals surface area contributed by atoms with E-state index >= 15 is 0 Å². The van der Waals surface area contributed by atoms with Gasteiger partial charge < -0.3 is 10.4 Å². The van der Waals surface area contributed by atoms with Gasteiger partial charge >= 0.3 is 0 Å². The Morgan fingerprint density at radius 1 is 1.24 bits per heavy atom. The first-order valence-corrected chi connectivity index (χ1v) is 6.50. The predicted octanol–water partition coefficient (Wildman–Crippen LogP) is 1.43. The highest BCUT2D eigenvalue weighted by Gasteiger charge is 2.28. The summed E-state index contributed by atoms with van der Waals surface area (Å²) >= 11 is 0. The van der Waals surface area contributed by atoms with Crippen LogP contribution in [0.3, 0.4) is 0 Å². The molecule has 0 saturated carbocycles. The summed E-state index contributed by atoms with van der Waals surface area (Å²) in [6, 6.07) is -0.0680. The predicted molar refractivity (Wildman–Crippen MR) is 70.9 cm³/mol. The monoisotopic (exact) mass is 244 g/mol. The van der Waals surface area contributed by atoms with Gasteiger partial charge in [0.25, 0.3) is 0 Å². The zero-order chi connectivity index (χ0) is 13.6. The van der Waals surface area contributed by atoms with Gasteiger partial charge in [0, 0.05) is 11.6 Å². The maximum Gasteiger partial charge on any atom is 0.237 e. The molecule has 2 unspecified atom stereocenters. The van der Waals surface area contributed by atoms with Crippen LogP contribution in [0, 0.1) is 0 Å². The van der Waals surface area contributed by atoms with E-state index in [1.807, 2.05) is 20.8 Å². The van der Waals surface area contributed by atoms with E-state index in [9.17, 15) is 9.90 Å². The zero-order valence-electron chi connectivity index (χ0n) is 12.0. The van der Waals surface area contributed by atoms with Crippen molar-refractivity contribution in [3.8, 4) is 0 Å². The van der Waals surface area contributed by atoms with Gasteiger partial charge in [0.15, 0.2) is 0 Å². The van der Waals surface area contributed by atoms with Crippen molar-refractivity contribution in [3.63, 3.8) is 0 Å². The van der Waals surface area contributed by atoms with Crippen LogP contribution in [0.25, 0.3) is 0 Å². The lowest BCUT2D eigenvalue weighted by atomic mass is 9.97. The van der Waals surface area contributed by atoms with Gasteiger partial charge in [-0.1, -0.05) is 13.8 Å². The molecule has 0 spiro atoms. The van der Waals surface area contributed by atoms with Crippen LogP contribution in [0.1, 0.15) is 54.4 Å². The Kier molecular flexibility index (Phi) is 6.72. The molecule has 4 heteroatoms. The van der Waals surface area contributed by atoms with Gasteiger partial charge in [-0.3, -0.25) is 10.1 Å². The highest BCUT2D eigenvalue weighted by Crippen LogP contribution is 2.09. The fraction of sp³-hybridized carbons (Fsp3) is 0.923. The summed E-state index contributed by atoms with van der Waals surface area (Å²) in [4.78, 5) is 11.9. The number of carbonyl (C=O) groups is 1. The normalized spacial score (nSPS) is 15.8. The van der Waals surface area contributed by atoms with Crippen LogP contribution in [0.15, 0.2) is 0 Å². The molecule has 0 aliphatic rings. The molecule has 0 rings (SSSR count). The highest BCUT2D eigenvalue weighted by atomic mass is 16.3. The fourth-order valence-corrected chi connectivity index (χ4v) is 1.56. The smallest absolute Gasteiger partial charge is 0.237 e. The molecule has 0 aliphatic carbocycles. The Morgan fingerprint density at radius 2 is 1.71 bits per heavy atom. The van der Waals surface area contributed by atoms with Crippen LogP contribution < -0.4 is 10.6 Å². The number of hydrogen-bond donors (Lipinski definition) is 3. The van der Waals surface area contributed by atoms with Gasteiger partial charge in [-0.25, -0.2) is 0 Å². The van der Waals surface area contributed by atoms with E-state index in [-0.39, 0.29) is 18.0 Å². The molecular formula is C13H28N2O2. The molecule has 0 aromatic rings. The number of nitrogens with one attached hydrogen (secondary N) is 2. The molecular weight excluding hydrogens is 216 g/mol. The van der Waals surface area contributed by atoms with Crippen molar-refractivity contribution in [1.29, 1.82) is 0 Å². The lowest BCUT2D eigenvalue weighted by Crippen LogP contribution is -2.57. The maximum absolute atomic E-state index is 11.9. The summed E-state index contributed by atoms with van der Waals surface area (Å²) in [6.45, 7) is 11.4. The van der Waals surface area contributed by atoms with E-state index in [0.717, 1.165) is 12.8 Å². The summed E-state index contributed by atoms with van der Waals surface area (Å²) in [7, 11) is 0. The van der Waals surface area contributed by atoms with Gasteiger partial charge in [-0.05, 0) is 40.5 Å². The molecule has 102 valence electrons. The van der Waals surface area contributed by atoms with Crippen molar-refractivity contribution in [2.75, 3.05) is 0 Å². The van der Waals surface area contributed by atoms with Gasteiger partial charge in [-0.15, -0.1) is 0 Å². The molecule has 0 aromatic carbocycles. The Morgan fingerprint density at radius 3 is 2.06 bits per heavy atom. The Balaban J connectivity index is 4.32. The van der Waals surface area contributed by atoms with Crippen molar-refractivity contribution < 1.29 is 9.90 Å². The number of rotatable bonds is 7. The Labute approximate surface area is 105 Å². The summed E-state index contributed by atoms with van der Waals surface area (Å²) in [5.41, 5.74) is -0.468. The lowest BCUT2D eigenvalue weighted by Gasteiger charge is -2.33. The second-order valence-corrected chi connectivity index (χ2v) is 5.29. The Bertz CT molecular complexity index is 236. The van der Waals surface area contributed by atoms with E-state index in [4.69, 9.17) is 0 Å². The number of hydrogen-bond acceptors (Lipinski definition) is 3. The topological polar surface area (TPSA) is 61.4 Å². The first kappa shape index (κ1) is 16.4. The quantitative estimate of drug-likeness (QED) is 0.635. The zero-order valence-corrected chi connectivity index (χ0v) is 12.0. The SMILES string of the molecule is CCC(CC)NC(=O)C(C)NC(C)(C)C(C)O. The van der Waals surface area contributed by atoms with Crippen LogP contribution in [0.4, 0.5) is 0 Å². The molecule has 0 heterocycles. The minimum Gasteiger partial charge on any atom is -0.392 e. The Hall–Kier alpha value is -0.610. The van der Waals surface area contributed by atoms with E-state index in [0.29, 0.717) is 0 Å². The van der Waals surface area contributed by atoms with Crippen molar-refractivity contribution >= 4 is 5.91 Å². The average molecular weight is 244 g/mol. The number of carbonyl (C=O) groups excluding carboxylic acids is 1. The molecule has 0 bridgehead atoms. The summed E-state index contributed by atoms with van der Waals surface area (Å²) < 4.78 is 0. The van der Waals surface area contributed by atoms with Gasteiger partial charge in [-0.2, -0.15) is 0 Å². The number of aliphatic hydroxyl groups excluding tert-OH is 1. The number of amides is 1. The second kappa shape index (κ2) is 6.97. The molecule has 1 amide bonds. The summed E-state index contributed by atoms with van der Waals surface area (Å²) in [6.07, 6.45) is 1.37. The molecule has 3 N–H and O–H groups in total. The van der Waals surface area contributed by atoms with Crippen molar-refractivity contribution in [2.45, 2.75) is 78.1 Å². The van der Waals surface area contributed by atoms with Gasteiger partial charge in [0.2, 0.25) is 5.91 Å². The van der Waals surface area contributed by atoms with Gasteiger partial charge in [0.05, 0.1) is 12.1 Å². The minimum atomic E-state index is -0.508. The van der Waals surface area contributed by atoms with E-state index < -0.39 is 11.6 Å². The van der Waals surface area contributed by atoms with Crippen LogP contribution in [0.5, 0.6) is 0 Å². The van der Waals surface area contributed by atoms with Crippen LogP contribution in [-0.2, 0) is 4.79 Å². The molecule has 0 radical (unpaired) electrons. The number of aliphatic hydroxyl groups is 1. The third-order valence-corrected chi connectivity index (χ3v) is 3.36. The minimum absolute atomic E-state index is 0.00701. The molecule has 4 nitrogen and oxygen atoms in total. The van der Waals surface area contributed by atoms with E-state index in [2.05, 4.69) is 24.5 Å². The van der Waals surface area contributed by atoms with Crippen molar-refractivity contribution in [2.24, 2.45) is 0 Å². The third kappa shape index (κ3) is 5.50. The molecule has 0 saturated heterocycles. The summed E-state index contributed by atoms with van der Waals surface area (Å²) in [5.74, 6) is -0.00701. The second-order valence-electron chi connectivity index (χ2n) is 5.29. The van der Waals surface area contributed by atoms with E-state index in [1.165, 1.54) is 0 Å². The molecule has 0 fully saturated rings.